The van der Waals surface area contributed by atoms with Crippen LogP contribution in [0.5, 0.6) is 5.75 Å². The maximum atomic E-state index is 13.8. The fourth-order valence-corrected chi connectivity index (χ4v) is 1.85. The molecule has 19 heavy (non-hydrogen) atoms. The van der Waals surface area contributed by atoms with Crippen LogP contribution in [0.25, 0.3) is 0 Å². The maximum absolute atomic E-state index is 13.8. The normalized spacial score (nSPS) is 15.1. The number of hydrogen-bond acceptors (Lipinski definition) is 2. The SMILES string of the molecule is CCC(C)c1ccc(F)c(OC(OC)C(C)(C)C)c1. The second kappa shape index (κ2) is 6.38. The first-order chi connectivity index (χ1) is 8.79. The molecule has 1 aromatic rings. The minimum atomic E-state index is -0.478. The number of ether oxygens (including phenoxy) is 2. The molecule has 108 valence electrons. The number of halogens is 1. The smallest absolute Gasteiger partial charge is 0.204 e. The Bertz CT molecular complexity index is 410. The van der Waals surface area contributed by atoms with E-state index in [-0.39, 0.29) is 17.0 Å². The zero-order valence-electron chi connectivity index (χ0n) is 12.8. The zero-order chi connectivity index (χ0) is 14.6. The largest absolute Gasteiger partial charge is 0.461 e. The van der Waals surface area contributed by atoms with Gasteiger partial charge in [-0.3, -0.25) is 0 Å². The van der Waals surface area contributed by atoms with E-state index in [9.17, 15) is 4.39 Å². The molecule has 0 fully saturated rings. The van der Waals surface area contributed by atoms with Crippen LogP contribution in [0.1, 0.15) is 52.5 Å². The number of hydrogen-bond donors (Lipinski definition) is 0. The fourth-order valence-electron chi connectivity index (χ4n) is 1.85. The van der Waals surface area contributed by atoms with E-state index in [1.807, 2.05) is 26.8 Å². The molecule has 2 atom stereocenters. The highest BCUT2D eigenvalue weighted by molar-refractivity contribution is 5.32. The van der Waals surface area contributed by atoms with Gasteiger partial charge < -0.3 is 9.47 Å². The van der Waals surface area contributed by atoms with Gasteiger partial charge in [-0.2, -0.15) is 0 Å². The number of methoxy groups -OCH3 is 1. The number of rotatable bonds is 5. The highest BCUT2D eigenvalue weighted by Crippen LogP contribution is 2.30. The molecular weight excluding hydrogens is 243 g/mol. The molecule has 0 N–H and O–H groups in total. The van der Waals surface area contributed by atoms with Gasteiger partial charge in [-0.1, -0.05) is 40.7 Å². The first kappa shape index (κ1) is 16.0. The summed E-state index contributed by atoms with van der Waals surface area (Å²) in [6.45, 7) is 10.2. The highest BCUT2D eigenvalue weighted by Gasteiger charge is 2.27. The Labute approximate surface area is 115 Å². The molecule has 2 unspecified atom stereocenters. The van der Waals surface area contributed by atoms with Crippen molar-refractivity contribution >= 4 is 0 Å². The Morgan fingerprint density at radius 1 is 1.26 bits per heavy atom. The minimum Gasteiger partial charge on any atom is -0.461 e. The second-order valence-corrected chi connectivity index (χ2v) is 6.05. The van der Waals surface area contributed by atoms with Gasteiger partial charge in [-0.15, -0.1) is 0 Å². The van der Waals surface area contributed by atoms with Gasteiger partial charge in [0.25, 0.3) is 0 Å². The molecule has 0 aliphatic heterocycles. The van der Waals surface area contributed by atoms with Crippen LogP contribution in [-0.4, -0.2) is 13.4 Å². The maximum Gasteiger partial charge on any atom is 0.204 e. The zero-order valence-corrected chi connectivity index (χ0v) is 12.8. The fraction of sp³-hybridized carbons (Fsp3) is 0.625. The van der Waals surface area contributed by atoms with Crippen molar-refractivity contribution in [1.82, 2.24) is 0 Å². The second-order valence-electron chi connectivity index (χ2n) is 6.05. The van der Waals surface area contributed by atoms with Crippen molar-refractivity contribution in [1.29, 1.82) is 0 Å². The van der Waals surface area contributed by atoms with Gasteiger partial charge in [0.2, 0.25) is 6.29 Å². The summed E-state index contributed by atoms with van der Waals surface area (Å²) < 4.78 is 24.8. The Hall–Kier alpha value is -1.09. The van der Waals surface area contributed by atoms with Crippen molar-refractivity contribution in [2.75, 3.05) is 7.11 Å². The van der Waals surface area contributed by atoms with E-state index in [0.29, 0.717) is 5.92 Å². The third-order valence-corrected chi connectivity index (χ3v) is 3.29. The van der Waals surface area contributed by atoms with Gasteiger partial charge in [0.15, 0.2) is 11.6 Å². The molecule has 3 heteroatoms. The molecule has 0 amide bonds. The molecule has 0 bridgehead atoms. The molecule has 0 saturated carbocycles. The Morgan fingerprint density at radius 2 is 1.89 bits per heavy atom. The van der Waals surface area contributed by atoms with E-state index >= 15 is 0 Å². The Kier molecular flexibility index (Phi) is 5.36. The van der Waals surface area contributed by atoms with Crippen LogP contribution in [-0.2, 0) is 4.74 Å². The van der Waals surface area contributed by atoms with E-state index < -0.39 is 6.29 Å². The lowest BCUT2D eigenvalue weighted by atomic mass is 9.95. The van der Waals surface area contributed by atoms with E-state index in [0.717, 1.165) is 12.0 Å². The topological polar surface area (TPSA) is 18.5 Å². The van der Waals surface area contributed by atoms with Gasteiger partial charge in [0.1, 0.15) is 0 Å². The van der Waals surface area contributed by atoms with Gasteiger partial charge >= 0.3 is 0 Å². The summed E-state index contributed by atoms with van der Waals surface area (Å²) in [5, 5.41) is 0. The third-order valence-electron chi connectivity index (χ3n) is 3.29. The molecule has 0 radical (unpaired) electrons. The van der Waals surface area contributed by atoms with Crippen LogP contribution in [0.4, 0.5) is 4.39 Å². The summed E-state index contributed by atoms with van der Waals surface area (Å²) in [5.41, 5.74) is 0.871. The van der Waals surface area contributed by atoms with E-state index in [1.54, 1.807) is 13.2 Å². The van der Waals surface area contributed by atoms with Crippen molar-refractivity contribution in [2.45, 2.75) is 53.2 Å². The average molecular weight is 268 g/mol. The van der Waals surface area contributed by atoms with Gasteiger partial charge in [0, 0.05) is 12.5 Å². The summed E-state index contributed by atoms with van der Waals surface area (Å²) in [6.07, 6.45) is 0.534. The van der Waals surface area contributed by atoms with Gasteiger partial charge in [0.05, 0.1) is 0 Å². The lowest BCUT2D eigenvalue weighted by molar-refractivity contribution is -0.122. The summed E-state index contributed by atoms with van der Waals surface area (Å²) >= 11 is 0. The van der Waals surface area contributed by atoms with Gasteiger partial charge in [-0.05, 0) is 30.0 Å². The molecule has 1 aromatic carbocycles. The standard InChI is InChI=1S/C16H25FO2/c1-7-11(2)12-8-9-13(17)14(10-12)19-15(18-6)16(3,4)5/h8-11,15H,7H2,1-6H3. The minimum absolute atomic E-state index is 0.215. The van der Waals surface area contributed by atoms with E-state index in [4.69, 9.17) is 9.47 Å². The van der Waals surface area contributed by atoms with Crippen LogP contribution < -0.4 is 4.74 Å². The summed E-state index contributed by atoms with van der Waals surface area (Å²) in [6, 6.07) is 5.06. The molecular formula is C16H25FO2. The Balaban J connectivity index is 2.99. The quantitative estimate of drug-likeness (QED) is 0.718. The highest BCUT2D eigenvalue weighted by atomic mass is 19.1. The molecule has 0 saturated heterocycles. The van der Waals surface area contributed by atoms with Crippen molar-refractivity contribution in [2.24, 2.45) is 5.41 Å². The molecule has 0 aromatic heterocycles. The van der Waals surface area contributed by atoms with Crippen molar-refractivity contribution in [3.8, 4) is 5.75 Å². The van der Waals surface area contributed by atoms with Crippen LogP contribution in [0.2, 0.25) is 0 Å². The molecule has 0 heterocycles. The molecule has 0 spiro atoms. The van der Waals surface area contributed by atoms with Gasteiger partial charge in [-0.25, -0.2) is 4.39 Å². The summed E-state index contributed by atoms with van der Waals surface area (Å²) in [4.78, 5) is 0. The average Bonchev–Trinajstić information content (AvgIpc) is 2.35. The Morgan fingerprint density at radius 3 is 2.37 bits per heavy atom. The first-order valence-corrected chi connectivity index (χ1v) is 6.78. The van der Waals surface area contributed by atoms with E-state index in [2.05, 4.69) is 13.8 Å². The van der Waals surface area contributed by atoms with Crippen molar-refractivity contribution in [3.05, 3.63) is 29.6 Å². The summed E-state index contributed by atoms with van der Waals surface area (Å²) in [5.74, 6) is 0.302. The molecule has 0 aliphatic rings. The molecule has 0 aliphatic carbocycles. The van der Waals surface area contributed by atoms with E-state index in [1.165, 1.54) is 6.07 Å². The van der Waals surface area contributed by atoms with Crippen molar-refractivity contribution < 1.29 is 13.9 Å². The molecule has 2 nitrogen and oxygen atoms in total. The van der Waals surface area contributed by atoms with Crippen molar-refractivity contribution in [3.63, 3.8) is 0 Å². The predicted molar refractivity (Wildman–Crippen MR) is 76.0 cm³/mol. The third kappa shape index (κ3) is 4.20. The van der Waals surface area contributed by atoms with Crippen LogP contribution in [0, 0.1) is 11.2 Å². The lowest BCUT2D eigenvalue weighted by Crippen LogP contribution is -2.34. The number of benzene rings is 1. The van der Waals surface area contributed by atoms with Crippen LogP contribution in [0.3, 0.4) is 0 Å². The first-order valence-electron chi connectivity index (χ1n) is 6.78. The van der Waals surface area contributed by atoms with Crippen LogP contribution >= 0.6 is 0 Å². The van der Waals surface area contributed by atoms with Crippen LogP contribution in [0.15, 0.2) is 18.2 Å². The lowest BCUT2D eigenvalue weighted by Gasteiger charge is -2.29. The monoisotopic (exact) mass is 268 g/mol. The predicted octanol–water partition coefficient (Wildman–Crippen LogP) is 4.74. The molecule has 1 rings (SSSR count). The summed E-state index contributed by atoms with van der Waals surface area (Å²) in [7, 11) is 1.58.